The third kappa shape index (κ3) is 3.49. The van der Waals surface area contributed by atoms with Crippen LogP contribution in [0, 0.1) is 6.92 Å². The number of nitrogens with zero attached hydrogens (tertiary/aromatic N) is 2. The molecule has 98 valence electrons. The molecule has 0 saturated heterocycles. The van der Waals surface area contributed by atoms with Gasteiger partial charge < -0.3 is 5.73 Å². The molecule has 0 aliphatic carbocycles. The van der Waals surface area contributed by atoms with Crippen molar-refractivity contribution in [3.05, 3.63) is 52.3 Å². The molecule has 1 heterocycles. The van der Waals surface area contributed by atoms with Crippen LogP contribution in [0.5, 0.6) is 0 Å². The fourth-order valence-corrected chi connectivity index (χ4v) is 1.79. The van der Waals surface area contributed by atoms with Crippen LogP contribution >= 0.6 is 11.6 Å². The summed E-state index contributed by atoms with van der Waals surface area (Å²) in [6.45, 7) is 2.22. The molecule has 0 bridgehead atoms. The van der Waals surface area contributed by atoms with Crippen LogP contribution in [0.4, 0.5) is 5.95 Å². The predicted octanol–water partition coefficient (Wildman–Crippen LogP) is 2.15. The van der Waals surface area contributed by atoms with Crippen molar-refractivity contribution in [3.63, 3.8) is 0 Å². The number of anilines is 1. The lowest BCUT2D eigenvalue weighted by Gasteiger charge is -2.05. The van der Waals surface area contributed by atoms with Crippen molar-refractivity contribution >= 4 is 23.5 Å². The molecule has 19 heavy (non-hydrogen) atoms. The summed E-state index contributed by atoms with van der Waals surface area (Å²) in [6, 6.07) is 8.63. The molecule has 0 fully saturated rings. The molecule has 0 radical (unpaired) electrons. The summed E-state index contributed by atoms with van der Waals surface area (Å²) in [5, 5.41) is 2.89. The summed E-state index contributed by atoms with van der Waals surface area (Å²) in [5.74, 6) is -0.0943. The number of hydrogen-bond donors (Lipinski definition) is 2. The molecular weight excluding hydrogens is 264 g/mol. The molecule has 1 amide bonds. The van der Waals surface area contributed by atoms with Crippen LogP contribution in [0.3, 0.4) is 0 Å². The van der Waals surface area contributed by atoms with Gasteiger partial charge in [0, 0.05) is 17.8 Å². The average Bonchev–Trinajstić information content (AvgIpc) is 2.37. The zero-order chi connectivity index (χ0) is 13.8. The highest BCUT2D eigenvalue weighted by atomic mass is 35.5. The standard InChI is InChI=1S/C13H13ClN4O/c1-8-6-11(14)17-13(16-8)18-12(19)10-4-2-9(7-15)3-5-10/h2-6H,7,15H2,1H3,(H,16,17,18,19). The maximum atomic E-state index is 12.0. The second-order valence-electron chi connectivity index (χ2n) is 4.01. The number of nitrogens with two attached hydrogens (primary N) is 1. The van der Waals surface area contributed by atoms with Crippen LogP contribution in [0.15, 0.2) is 30.3 Å². The average molecular weight is 277 g/mol. The van der Waals surface area contributed by atoms with Gasteiger partial charge in [-0.2, -0.15) is 0 Å². The lowest BCUT2D eigenvalue weighted by molar-refractivity contribution is 0.102. The van der Waals surface area contributed by atoms with Gasteiger partial charge in [-0.25, -0.2) is 9.97 Å². The van der Waals surface area contributed by atoms with Crippen LogP contribution in [-0.2, 0) is 6.54 Å². The van der Waals surface area contributed by atoms with Gasteiger partial charge in [-0.3, -0.25) is 10.1 Å². The van der Waals surface area contributed by atoms with E-state index in [1.54, 1.807) is 37.3 Å². The summed E-state index contributed by atoms with van der Waals surface area (Å²) >= 11 is 5.80. The number of hydrogen-bond acceptors (Lipinski definition) is 4. The Morgan fingerprint density at radius 2 is 2.00 bits per heavy atom. The lowest BCUT2D eigenvalue weighted by atomic mass is 10.1. The topological polar surface area (TPSA) is 80.9 Å². The minimum atomic E-state index is -0.287. The van der Waals surface area contributed by atoms with Gasteiger partial charge in [0.25, 0.3) is 5.91 Å². The fraction of sp³-hybridized carbons (Fsp3) is 0.154. The van der Waals surface area contributed by atoms with Gasteiger partial charge in [0.05, 0.1) is 0 Å². The lowest BCUT2D eigenvalue weighted by Crippen LogP contribution is -2.14. The monoisotopic (exact) mass is 276 g/mol. The molecule has 0 aliphatic heterocycles. The van der Waals surface area contributed by atoms with Crippen molar-refractivity contribution < 1.29 is 4.79 Å². The molecule has 1 aromatic heterocycles. The van der Waals surface area contributed by atoms with Gasteiger partial charge >= 0.3 is 0 Å². The van der Waals surface area contributed by atoms with Crippen LogP contribution in [-0.4, -0.2) is 15.9 Å². The van der Waals surface area contributed by atoms with Crippen molar-refractivity contribution in [3.8, 4) is 0 Å². The summed E-state index contributed by atoms with van der Waals surface area (Å²) < 4.78 is 0. The predicted molar refractivity (Wildman–Crippen MR) is 74.1 cm³/mol. The van der Waals surface area contributed by atoms with E-state index >= 15 is 0 Å². The Hall–Kier alpha value is -1.98. The van der Waals surface area contributed by atoms with Gasteiger partial charge in [-0.05, 0) is 30.7 Å². The highest BCUT2D eigenvalue weighted by molar-refractivity contribution is 6.29. The van der Waals surface area contributed by atoms with E-state index in [0.717, 1.165) is 5.56 Å². The summed E-state index contributed by atoms with van der Waals surface area (Å²) in [6.07, 6.45) is 0. The number of nitrogens with one attached hydrogen (secondary N) is 1. The number of amides is 1. The first-order valence-corrected chi connectivity index (χ1v) is 6.08. The Labute approximate surface area is 115 Å². The molecule has 0 unspecified atom stereocenters. The van der Waals surface area contributed by atoms with E-state index < -0.39 is 0 Å². The second kappa shape index (κ2) is 5.77. The third-order valence-corrected chi connectivity index (χ3v) is 2.69. The van der Waals surface area contributed by atoms with E-state index in [1.165, 1.54) is 0 Å². The van der Waals surface area contributed by atoms with Gasteiger partial charge in [0.2, 0.25) is 5.95 Å². The minimum absolute atomic E-state index is 0.193. The zero-order valence-corrected chi connectivity index (χ0v) is 11.1. The Balaban J connectivity index is 2.15. The first-order valence-electron chi connectivity index (χ1n) is 5.70. The molecule has 0 aliphatic rings. The van der Waals surface area contributed by atoms with Crippen molar-refractivity contribution in [2.75, 3.05) is 5.32 Å². The molecule has 2 aromatic rings. The Morgan fingerprint density at radius 3 is 2.58 bits per heavy atom. The number of aromatic nitrogens is 2. The number of rotatable bonds is 3. The van der Waals surface area contributed by atoms with Crippen molar-refractivity contribution in [1.82, 2.24) is 9.97 Å². The Morgan fingerprint density at radius 1 is 1.32 bits per heavy atom. The molecule has 2 rings (SSSR count). The maximum Gasteiger partial charge on any atom is 0.258 e. The molecular formula is C13H13ClN4O. The first kappa shape index (κ1) is 13.5. The summed E-state index contributed by atoms with van der Waals surface area (Å²) in [5.41, 5.74) is 7.66. The number of carbonyl (C=O) groups excluding carboxylic acids is 1. The SMILES string of the molecule is Cc1cc(Cl)nc(NC(=O)c2ccc(CN)cc2)n1. The number of carbonyl (C=O) groups is 1. The number of halogens is 1. The van der Waals surface area contributed by atoms with E-state index in [1.807, 2.05) is 0 Å². The normalized spacial score (nSPS) is 10.3. The van der Waals surface area contributed by atoms with E-state index in [9.17, 15) is 4.79 Å². The fourth-order valence-electron chi connectivity index (χ4n) is 1.55. The van der Waals surface area contributed by atoms with E-state index in [4.69, 9.17) is 17.3 Å². The van der Waals surface area contributed by atoms with Crippen LogP contribution in [0.25, 0.3) is 0 Å². The van der Waals surface area contributed by atoms with Crippen LogP contribution < -0.4 is 11.1 Å². The van der Waals surface area contributed by atoms with E-state index in [2.05, 4.69) is 15.3 Å². The maximum absolute atomic E-state index is 12.0. The molecule has 1 aromatic carbocycles. The van der Waals surface area contributed by atoms with Gasteiger partial charge in [-0.15, -0.1) is 0 Å². The summed E-state index contributed by atoms with van der Waals surface area (Å²) in [7, 11) is 0. The van der Waals surface area contributed by atoms with E-state index in [0.29, 0.717) is 23.0 Å². The Kier molecular flexibility index (Phi) is 4.09. The Bertz CT molecular complexity index is 578. The zero-order valence-electron chi connectivity index (χ0n) is 10.4. The van der Waals surface area contributed by atoms with Crippen molar-refractivity contribution in [1.29, 1.82) is 0 Å². The van der Waals surface area contributed by atoms with Crippen LogP contribution in [0.2, 0.25) is 5.15 Å². The summed E-state index contributed by atoms with van der Waals surface area (Å²) in [4.78, 5) is 20.0. The first-order chi connectivity index (χ1) is 9.08. The van der Waals surface area contributed by atoms with E-state index in [-0.39, 0.29) is 11.9 Å². The second-order valence-corrected chi connectivity index (χ2v) is 4.40. The molecule has 3 N–H and O–H groups in total. The van der Waals surface area contributed by atoms with Crippen LogP contribution in [0.1, 0.15) is 21.6 Å². The van der Waals surface area contributed by atoms with Crippen molar-refractivity contribution in [2.24, 2.45) is 5.73 Å². The molecule has 0 saturated carbocycles. The molecule has 0 atom stereocenters. The highest BCUT2D eigenvalue weighted by Gasteiger charge is 2.08. The quantitative estimate of drug-likeness (QED) is 0.842. The number of benzene rings is 1. The van der Waals surface area contributed by atoms with Gasteiger partial charge in [0.1, 0.15) is 5.15 Å². The minimum Gasteiger partial charge on any atom is -0.326 e. The molecule has 0 spiro atoms. The van der Waals surface area contributed by atoms with Gasteiger partial charge in [-0.1, -0.05) is 23.7 Å². The third-order valence-electron chi connectivity index (χ3n) is 2.50. The van der Waals surface area contributed by atoms with Gasteiger partial charge in [0.15, 0.2) is 0 Å². The number of aryl methyl sites for hydroxylation is 1. The molecule has 6 heteroatoms. The largest absolute Gasteiger partial charge is 0.326 e. The van der Waals surface area contributed by atoms with Crippen molar-refractivity contribution in [2.45, 2.75) is 13.5 Å². The molecule has 5 nitrogen and oxygen atoms in total. The smallest absolute Gasteiger partial charge is 0.258 e. The highest BCUT2D eigenvalue weighted by Crippen LogP contribution is 2.11.